The monoisotopic (exact) mass is 181 g/mol. The average Bonchev–Trinajstić information content (AvgIpc) is 2.28. The van der Waals surface area contributed by atoms with Crippen molar-refractivity contribution in [2.75, 3.05) is 0 Å². The predicted molar refractivity (Wildman–Crippen MR) is 46.0 cm³/mol. The third kappa shape index (κ3) is 2.31. The van der Waals surface area contributed by atoms with Crippen LogP contribution in [-0.4, -0.2) is 15.7 Å². The number of rotatable bonds is 3. The molecular weight excluding hydrogens is 168 g/mol. The molecule has 0 aliphatic rings. The summed E-state index contributed by atoms with van der Waals surface area (Å²) in [4.78, 5) is 10.3. The number of nitrogens with zero attached hydrogens (tertiary/aromatic N) is 2. The first-order valence-corrected chi connectivity index (χ1v) is 4.23. The van der Waals surface area contributed by atoms with Crippen molar-refractivity contribution in [3.8, 4) is 0 Å². The Balaban J connectivity index is 2.81. The third-order valence-corrected chi connectivity index (χ3v) is 1.92. The highest BCUT2D eigenvalue weighted by Gasteiger charge is 2.08. The van der Waals surface area contributed by atoms with Crippen LogP contribution >= 0.6 is 0 Å². The highest BCUT2D eigenvalue weighted by atomic mass is 16.4. The van der Waals surface area contributed by atoms with E-state index in [0.29, 0.717) is 0 Å². The standard InChI is InChI=1S/C9H14N2O2/c1-6-4-7(2)11(10-6)8(3)5-9(12)13/h4,8H,5H2,1-3H3,(H,12,13)/p-1/t8-/m0/s1. The van der Waals surface area contributed by atoms with Gasteiger partial charge < -0.3 is 9.90 Å². The summed E-state index contributed by atoms with van der Waals surface area (Å²) in [6.07, 6.45) is 0.00194. The largest absolute Gasteiger partial charge is 0.550 e. The Morgan fingerprint density at radius 3 is 2.69 bits per heavy atom. The minimum absolute atomic E-state index is 0.00194. The number of carbonyl (C=O) groups is 1. The molecule has 72 valence electrons. The van der Waals surface area contributed by atoms with Gasteiger partial charge in [-0.2, -0.15) is 5.10 Å². The second-order valence-corrected chi connectivity index (χ2v) is 3.30. The van der Waals surface area contributed by atoms with Crippen LogP contribution < -0.4 is 5.11 Å². The molecule has 13 heavy (non-hydrogen) atoms. The molecule has 0 unspecified atom stereocenters. The van der Waals surface area contributed by atoms with Gasteiger partial charge in [0.2, 0.25) is 0 Å². The van der Waals surface area contributed by atoms with Gasteiger partial charge in [0.15, 0.2) is 0 Å². The number of aliphatic carboxylic acids is 1. The predicted octanol–water partition coefficient (Wildman–Crippen LogP) is 0.201. The summed E-state index contributed by atoms with van der Waals surface area (Å²) in [5, 5.41) is 14.5. The fraction of sp³-hybridized carbons (Fsp3) is 0.556. The molecule has 1 atom stereocenters. The number of carboxylic acids is 1. The SMILES string of the molecule is Cc1cc(C)n([C@@H](C)CC(=O)[O-])n1. The fourth-order valence-corrected chi connectivity index (χ4v) is 1.42. The molecule has 0 amide bonds. The molecule has 0 N–H and O–H groups in total. The lowest BCUT2D eigenvalue weighted by Gasteiger charge is -2.14. The van der Waals surface area contributed by atoms with Gasteiger partial charge in [0, 0.05) is 18.1 Å². The number of hydrogen-bond donors (Lipinski definition) is 0. The van der Waals surface area contributed by atoms with Crippen LogP contribution in [0.2, 0.25) is 0 Å². The molecule has 1 aromatic rings. The maximum Gasteiger partial charge on any atom is 0.0596 e. The van der Waals surface area contributed by atoms with E-state index in [4.69, 9.17) is 0 Å². The second kappa shape index (κ2) is 3.60. The van der Waals surface area contributed by atoms with Gasteiger partial charge in [-0.25, -0.2) is 0 Å². The lowest BCUT2D eigenvalue weighted by Crippen LogP contribution is -2.26. The number of aryl methyl sites for hydroxylation is 2. The van der Waals surface area contributed by atoms with Crippen molar-refractivity contribution in [3.05, 3.63) is 17.5 Å². The van der Waals surface area contributed by atoms with Crippen LogP contribution in [0.1, 0.15) is 30.8 Å². The van der Waals surface area contributed by atoms with Crippen LogP contribution in [0.4, 0.5) is 0 Å². The Morgan fingerprint density at radius 2 is 2.31 bits per heavy atom. The van der Waals surface area contributed by atoms with E-state index in [-0.39, 0.29) is 12.5 Å². The maximum absolute atomic E-state index is 10.3. The number of hydrogen-bond acceptors (Lipinski definition) is 3. The zero-order valence-electron chi connectivity index (χ0n) is 8.07. The van der Waals surface area contributed by atoms with E-state index in [1.807, 2.05) is 26.8 Å². The van der Waals surface area contributed by atoms with E-state index in [1.165, 1.54) is 0 Å². The molecule has 0 aromatic carbocycles. The minimum atomic E-state index is -1.04. The van der Waals surface area contributed by atoms with E-state index in [1.54, 1.807) is 4.68 Å². The molecule has 0 aliphatic carbocycles. The molecule has 0 bridgehead atoms. The first kappa shape index (κ1) is 9.77. The molecule has 0 radical (unpaired) electrons. The van der Waals surface area contributed by atoms with E-state index in [9.17, 15) is 9.90 Å². The van der Waals surface area contributed by atoms with Gasteiger partial charge in [-0.05, 0) is 26.8 Å². The molecular formula is C9H13N2O2-. The Morgan fingerprint density at radius 1 is 1.69 bits per heavy atom. The van der Waals surface area contributed by atoms with Crippen LogP contribution in [-0.2, 0) is 4.79 Å². The zero-order chi connectivity index (χ0) is 10.0. The van der Waals surface area contributed by atoms with Crippen molar-refractivity contribution in [2.45, 2.75) is 33.2 Å². The van der Waals surface area contributed by atoms with Crippen molar-refractivity contribution in [3.63, 3.8) is 0 Å². The topological polar surface area (TPSA) is 58.0 Å². The molecule has 0 spiro atoms. The first-order chi connectivity index (χ1) is 6.00. The van der Waals surface area contributed by atoms with Gasteiger partial charge in [-0.3, -0.25) is 4.68 Å². The van der Waals surface area contributed by atoms with Crippen molar-refractivity contribution >= 4 is 5.97 Å². The maximum atomic E-state index is 10.3. The van der Waals surface area contributed by atoms with E-state index in [2.05, 4.69) is 5.10 Å². The Kier molecular flexibility index (Phi) is 2.70. The van der Waals surface area contributed by atoms with Crippen LogP contribution in [0.25, 0.3) is 0 Å². The molecule has 0 aliphatic heterocycles. The van der Waals surface area contributed by atoms with Crippen molar-refractivity contribution < 1.29 is 9.90 Å². The Bertz CT molecular complexity index is 317. The summed E-state index contributed by atoms with van der Waals surface area (Å²) in [7, 11) is 0. The summed E-state index contributed by atoms with van der Waals surface area (Å²) >= 11 is 0. The number of carboxylic acid groups (broad SMARTS) is 1. The third-order valence-electron chi connectivity index (χ3n) is 1.92. The van der Waals surface area contributed by atoms with Gasteiger partial charge >= 0.3 is 0 Å². The molecule has 1 heterocycles. The molecule has 0 saturated heterocycles. The van der Waals surface area contributed by atoms with Crippen LogP contribution in [0, 0.1) is 13.8 Å². The van der Waals surface area contributed by atoms with Crippen LogP contribution in [0.5, 0.6) is 0 Å². The molecule has 0 fully saturated rings. The van der Waals surface area contributed by atoms with Crippen LogP contribution in [0.15, 0.2) is 6.07 Å². The van der Waals surface area contributed by atoms with Crippen molar-refractivity contribution in [1.82, 2.24) is 9.78 Å². The van der Waals surface area contributed by atoms with E-state index < -0.39 is 5.97 Å². The highest BCUT2D eigenvalue weighted by Crippen LogP contribution is 2.13. The average molecular weight is 181 g/mol. The fourth-order valence-electron chi connectivity index (χ4n) is 1.42. The van der Waals surface area contributed by atoms with E-state index >= 15 is 0 Å². The summed E-state index contributed by atoms with van der Waals surface area (Å²) < 4.78 is 1.71. The van der Waals surface area contributed by atoms with Gasteiger partial charge in [-0.15, -0.1) is 0 Å². The lowest BCUT2D eigenvalue weighted by molar-refractivity contribution is -0.306. The molecule has 4 heteroatoms. The summed E-state index contributed by atoms with van der Waals surface area (Å²) in [5.41, 5.74) is 1.88. The first-order valence-electron chi connectivity index (χ1n) is 4.23. The lowest BCUT2D eigenvalue weighted by atomic mass is 10.2. The van der Waals surface area contributed by atoms with Gasteiger partial charge in [-0.1, -0.05) is 0 Å². The molecule has 1 rings (SSSR count). The van der Waals surface area contributed by atoms with Gasteiger partial charge in [0.25, 0.3) is 0 Å². The minimum Gasteiger partial charge on any atom is -0.550 e. The summed E-state index contributed by atoms with van der Waals surface area (Å²) in [6.45, 7) is 5.61. The Hall–Kier alpha value is -1.32. The smallest absolute Gasteiger partial charge is 0.0596 e. The Labute approximate surface area is 77.2 Å². The summed E-state index contributed by atoms with van der Waals surface area (Å²) in [5.74, 6) is -1.04. The van der Waals surface area contributed by atoms with Crippen molar-refractivity contribution in [2.24, 2.45) is 0 Å². The number of aromatic nitrogens is 2. The zero-order valence-corrected chi connectivity index (χ0v) is 8.07. The second-order valence-electron chi connectivity index (χ2n) is 3.30. The van der Waals surface area contributed by atoms with E-state index in [0.717, 1.165) is 11.4 Å². The van der Waals surface area contributed by atoms with Crippen LogP contribution in [0.3, 0.4) is 0 Å². The highest BCUT2D eigenvalue weighted by molar-refractivity contribution is 5.64. The molecule has 4 nitrogen and oxygen atoms in total. The summed E-state index contributed by atoms with van der Waals surface area (Å²) in [6, 6.07) is 1.78. The molecule has 0 saturated carbocycles. The van der Waals surface area contributed by atoms with Gasteiger partial charge in [0.1, 0.15) is 0 Å². The quantitative estimate of drug-likeness (QED) is 0.669. The number of carbonyl (C=O) groups excluding carboxylic acids is 1. The normalized spacial score (nSPS) is 12.8. The van der Waals surface area contributed by atoms with Crippen molar-refractivity contribution in [1.29, 1.82) is 0 Å². The molecule has 1 aromatic heterocycles. The van der Waals surface area contributed by atoms with Gasteiger partial charge in [0.05, 0.1) is 11.7 Å².